The highest BCUT2D eigenvalue weighted by molar-refractivity contribution is 5.53. The lowest BCUT2D eigenvalue weighted by atomic mass is 10.1. The molecule has 1 aromatic heterocycles. The van der Waals surface area contributed by atoms with E-state index in [4.69, 9.17) is 15.6 Å². The zero-order chi connectivity index (χ0) is 14.5. The molecule has 4 heteroatoms. The fraction of sp³-hybridized carbons (Fsp3) is 0.312. The minimum atomic E-state index is 0.106. The normalized spacial score (nSPS) is 10.6. The van der Waals surface area contributed by atoms with Crippen LogP contribution in [0.2, 0.25) is 0 Å². The van der Waals surface area contributed by atoms with Crippen molar-refractivity contribution in [2.75, 3.05) is 12.3 Å². The maximum Gasteiger partial charge on any atom is 0.131 e. The van der Waals surface area contributed by atoms with E-state index in [-0.39, 0.29) is 6.61 Å². The van der Waals surface area contributed by atoms with Crippen LogP contribution in [0.15, 0.2) is 30.5 Å². The number of nitrogen functional groups attached to an aromatic ring is 1. The van der Waals surface area contributed by atoms with Crippen LogP contribution in [-0.2, 0) is 13.0 Å². The minimum Gasteiger partial charge on any atom is -0.487 e. The van der Waals surface area contributed by atoms with Gasteiger partial charge in [0, 0.05) is 18.5 Å². The third-order valence-electron chi connectivity index (χ3n) is 3.39. The van der Waals surface area contributed by atoms with Crippen molar-refractivity contribution in [2.45, 2.75) is 26.9 Å². The van der Waals surface area contributed by atoms with Gasteiger partial charge in [0.2, 0.25) is 0 Å². The standard InChI is InChI=1S/C16H20N2O2/c1-11-9-18-14(12(2)16(11)17)10-20-15-6-4-3-5-13(15)7-8-19/h3-6,9,19H,7-8,10H2,1-2H3,(H2,17,18). The van der Waals surface area contributed by atoms with Gasteiger partial charge in [0.05, 0.1) is 5.69 Å². The number of ether oxygens (including phenoxy) is 1. The predicted octanol–water partition coefficient (Wildman–Crippen LogP) is 2.39. The summed E-state index contributed by atoms with van der Waals surface area (Å²) in [5.74, 6) is 0.780. The van der Waals surface area contributed by atoms with E-state index in [9.17, 15) is 0 Å². The molecule has 0 amide bonds. The van der Waals surface area contributed by atoms with Gasteiger partial charge in [-0.25, -0.2) is 0 Å². The van der Waals surface area contributed by atoms with Crippen molar-refractivity contribution >= 4 is 5.69 Å². The van der Waals surface area contributed by atoms with Gasteiger partial charge in [-0.1, -0.05) is 18.2 Å². The number of nitrogens with zero attached hydrogens (tertiary/aromatic N) is 1. The summed E-state index contributed by atoms with van der Waals surface area (Å²) in [5.41, 5.74) is 10.5. The summed E-state index contributed by atoms with van der Waals surface area (Å²) in [6, 6.07) is 7.71. The van der Waals surface area contributed by atoms with Crippen LogP contribution in [0, 0.1) is 13.8 Å². The molecular weight excluding hydrogens is 252 g/mol. The van der Waals surface area contributed by atoms with Gasteiger partial charge in [0.25, 0.3) is 0 Å². The Bertz CT molecular complexity index is 597. The van der Waals surface area contributed by atoms with E-state index in [1.165, 1.54) is 0 Å². The fourth-order valence-corrected chi connectivity index (χ4v) is 2.06. The zero-order valence-electron chi connectivity index (χ0n) is 11.9. The molecule has 0 atom stereocenters. The van der Waals surface area contributed by atoms with Gasteiger partial charge in [0.15, 0.2) is 0 Å². The van der Waals surface area contributed by atoms with Crippen LogP contribution in [0.25, 0.3) is 0 Å². The number of para-hydroxylation sites is 1. The number of aryl methyl sites for hydroxylation is 1. The molecular formula is C16H20N2O2. The molecule has 2 aromatic rings. The van der Waals surface area contributed by atoms with Gasteiger partial charge < -0.3 is 15.6 Å². The van der Waals surface area contributed by atoms with Crippen molar-refractivity contribution in [3.63, 3.8) is 0 Å². The number of aliphatic hydroxyl groups is 1. The van der Waals surface area contributed by atoms with E-state index in [0.29, 0.717) is 13.0 Å². The lowest BCUT2D eigenvalue weighted by Crippen LogP contribution is -2.06. The van der Waals surface area contributed by atoms with Gasteiger partial charge in [-0.3, -0.25) is 4.98 Å². The lowest BCUT2D eigenvalue weighted by Gasteiger charge is -2.13. The van der Waals surface area contributed by atoms with Gasteiger partial charge >= 0.3 is 0 Å². The van der Waals surface area contributed by atoms with E-state index < -0.39 is 0 Å². The van der Waals surface area contributed by atoms with Gasteiger partial charge in [0.1, 0.15) is 12.4 Å². The number of nitrogens with two attached hydrogens (primary N) is 1. The average molecular weight is 272 g/mol. The van der Waals surface area contributed by atoms with Crippen LogP contribution in [-0.4, -0.2) is 16.7 Å². The highest BCUT2D eigenvalue weighted by atomic mass is 16.5. The van der Waals surface area contributed by atoms with Crippen molar-refractivity contribution in [1.29, 1.82) is 0 Å². The van der Waals surface area contributed by atoms with Crippen molar-refractivity contribution in [2.24, 2.45) is 0 Å². The molecule has 0 aliphatic carbocycles. The van der Waals surface area contributed by atoms with Crippen LogP contribution in [0.4, 0.5) is 5.69 Å². The van der Waals surface area contributed by atoms with Crippen molar-refractivity contribution in [3.05, 3.63) is 52.8 Å². The van der Waals surface area contributed by atoms with Gasteiger partial charge in [-0.2, -0.15) is 0 Å². The van der Waals surface area contributed by atoms with E-state index in [1.807, 2.05) is 38.1 Å². The Balaban J connectivity index is 2.15. The largest absolute Gasteiger partial charge is 0.487 e. The molecule has 0 aliphatic rings. The number of pyridine rings is 1. The Kier molecular flexibility index (Phi) is 4.58. The summed E-state index contributed by atoms with van der Waals surface area (Å²) in [5, 5.41) is 9.06. The number of aromatic nitrogens is 1. The Morgan fingerprint density at radius 2 is 2.00 bits per heavy atom. The quantitative estimate of drug-likeness (QED) is 0.877. The second-order valence-corrected chi connectivity index (χ2v) is 4.80. The smallest absolute Gasteiger partial charge is 0.131 e. The Morgan fingerprint density at radius 1 is 1.25 bits per heavy atom. The molecule has 3 N–H and O–H groups in total. The first-order valence-electron chi connectivity index (χ1n) is 6.65. The number of rotatable bonds is 5. The number of hydrogen-bond donors (Lipinski definition) is 2. The molecule has 20 heavy (non-hydrogen) atoms. The SMILES string of the molecule is Cc1cnc(COc2ccccc2CCO)c(C)c1N. The number of aliphatic hydroxyl groups excluding tert-OH is 1. The highest BCUT2D eigenvalue weighted by Crippen LogP contribution is 2.22. The van der Waals surface area contributed by atoms with E-state index in [1.54, 1.807) is 6.20 Å². The molecule has 0 aliphatic heterocycles. The van der Waals surface area contributed by atoms with Gasteiger partial charge in [-0.05, 0) is 43.0 Å². The summed E-state index contributed by atoms with van der Waals surface area (Å²) in [7, 11) is 0. The summed E-state index contributed by atoms with van der Waals surface area (Å²) >= 11 is 0. The Hall–Kier alpha value is -2.07. The molecule has 0 bridgehead atoms. The lowest BCUT2D eigenvalue weighted by molar-refractivity contribution is 0.281. The maximum absolute atomic E-state index is 9.06. The van der Waals surface area contributed by atoms with Gasteiger partial charge in [-0.15, -0.1) is 0 Å². The molecule has 4 nitrogen and oxygen atoms in total. The third kappa shape index (κ3) is 3.08. The summed E-state index contributed by atoms with van der Waals surface area (Å²) in [6.07, 6.45) is 2.35. The molecule has 0 saturated heterocycles. The zero-order valence-corrected chi connectivity index (χ0v) is 11.9. The second kappa shape index (κ2) is 6.39. The molecule has 0 radical (unpaired) electrons. The summed E-state index contributed by atoms with van der Waals surface area (Å²) in [6.45, 7) is 4.37. The second-order valence-electron chi connectivity index (χ2n) is 4.80. The average Bonchev–Trinajstić information content (AvgIpc) is 2.46. The van der Waals surface area contributed by atoms with Crippen molar-refractivity contribution < 1.29 is 9.84 Å². The van der Waals surface area contributed by atoms with Crippen LogP contribution in [0.5, 0.6) is 5.75 Å². The topological polar surface area (TPSA) is 68.4 Å². The molecule has 1 heterocycles. The summed E-state index contributed by atoms with van der Waals surface area (Å²) in [4.78, 5) is 4.37. The monoisotopic (exact) mass is 272 g/mol. The number of anilines is 1. The first-order valence-corrected chi connectivity index (χ1v) is 6.65. The van der Waals surface area contributed by atoms with Crippen LogP contribution >= 0.6 is 0 Å². The molecule has 0 spiro atoms. The molecule has 0 saturated carbocycles. The van der Waals surface area contributed by atoms with Crippen LogP contribution in [0.1, 0.15) is 22.4 Å². The minimum absolute atomic E-state index is 0.106. The summed E-state index contributed by atoms with van der Waals surface area (Å²) < 4.78 is 5.82. The van der Waals surface area contributed by atoms with E-state index >= 15 is 0 Å². The Labute approximate surface area is 119 Å². The molecule has 0 fully saturated rings. The van der Waals surface area contributed by atoms with Crippen LogP contribution < -0.4 is 10.5 Å². The first kappa shape index (κ1) is 14.3. The number of benzene rings is 1. The third-order valence-corrected chi connectivity index (χ3v) is 3.39. The number of hydrogen-bond acceptors (Lipinski definition) is 4. The molecule has 2 rings (SSSR count). The van der Waals surface area contributed by atoms with E-state index in [0.717, 1.165) is 33.8 Å². The van der Waals surface area contributed by atoms with Crippen molar-refractivity contribution in [1.82, 2.24) is 4.98 Å². The fourth-order valence-electron chi connectivity index (χ4n) is 2.06. The molecule has 1 aromatic carbocycles. The predicted molar refractivity (Wildman–Crippen MR) is 79.7 cm³/mol. The Morgan fingerprint density at radius 3 is 2.75 bits per heavy atom. The molecule has 106 valence electrons. The maximum atomic E-state index is 9.06. The van der Waals surface area contributed by atoms with Crippen molar-refractivity contribution in [3.8, 4) is 5.75 Å². The van der Waals surface area contributed by atoms with Crippen LogP contribution in [0.3, 0.4) is 0 Å². The van der Waals surface area contributed by atoms with E-state index in [2.05, 4.69) is 4.98 Å². The molecule has 0 unspecified atom stereocenters. The highest BCUT2D eigenvalue weighted by Gasteiger charge is 2.08. The first-order chi connectivity index (χ1) is 9.63.